The van der Waals surface area contributed by atoms with Crippen LogP contribution in [-0.4, -0.2) is 10.9 Å². The van der Waals surface area contributed by atoms with Gasteiger partial charge in [-0.1, -0.05) is 28.1 Å². The third-order valence-electron chi connectivity index (χ3n) is 3.32. The summed E-state index contributed by atoms with van der Waals surface area (Å²) in [6.45, 7) is 2.00. The summed E-state index contributed by atoms with van der Waals surface area (Å²) in [4.78, 5) is 17.4. The molecule has 0 bridgehead atoms. The van der Waals surface area contributed by atoms with Gasteiger partial charge in [0.15, 0.2) is 5.13 Å². The van der Waals surface area contributed by atoms with Crippen molar-refractivity contribution >= 4 is 38.3 Å². The van der Waals surface area contributed by atoms with Gasteiger partial charge in [0.1, 0.15) is 0 Å². The molecule has 1 aliphatic rings. The molecule has 20 heavy (non-hydrogen) atoms. The minimum Gasteiger partial charge on any atom is -0.302 e. The molecule has 1 heterocycles. The van der Waals surface area contributed by atoms with Crippen LogP contribution < -0.4 is 5.32 Å². The highest BCUT2D eigenvalue weighted by Crippen LogP contribution is 2.32. The van der Waals surface area contributed by atoms with Crippen LogP contribution in [0.15, 0.2) is 28.7 Å². The number of nitrogens with zero attached hydrogens (tertiary/aromatic N) is 1. The number of benzene rings is 1. The molecule has 0 unspecified atom stereocenters. The third kappa shape index (κ3) is 3.27. The van der Waals surface area contributed by atoms with E-state index in [9.17, 15) is 4.79 Å². The number of amides is 1. The van der Waals surface area contributed by atoms with Crippen molar-refractivity contribution in [3.8, 4) is 0 Å². The number of nitrogens with one attached hydrogen (secondary N) is 1. The fourth-order valence-corrected chi connectivity index (χ4v) is 3.48. The van der Waals surface area contributed by atoms with Crippen molar-refractivity contribution in [1.29, 1.82) is 0 Å². The van der Waals surface area contributed by atoms with Crippen LogP contribution in [0.2, 0.25) is 0 Å². The molecule has 1 aromatic carbocycles. The van der Waals surface area contributed by atoms with Crippen LogP contribution in [0.4, 0.5) is 5.13 Å². The molecule has 104 valence electrons. The highest BCUT2D eigenvalue weighted by atomic mass is 79.9. The molecule has 0 spiro atoms. The molecule has 0 atom stereocenters. The summed E-state index contributed by atoms with van der Waals surface area (Å²) in [5, 5.41) is 3.65. The molecule has 1 fully saturated rings. The smallest absolute Gasteiger partial charge is 0.229 e. The van der Waals surface area contributed by atoms with E-state index in [1.165, 1.54) is 10.4 Å². The van der Waals surface area contributed by atoms with Gasteiger partial charge in [-0.05, 0) is 37.5 Å². The maximum Gasteiger partial charge on any atom is 0.229 e. The Balaban J connectivity index is 1.73. The average Bonchev–Trinajstić information content (AvgIpc) is 3.17. The normalized spacial score (nSPS) is 14.3. The lowest BCUT2D eigenvalue weighted by molar-refractivity contribution is -0.117. The van der Waals surface area contributed by atoms with Crippen molar-refractivity contribution in [3.63, 3.8) is 0 Å². The second-order valence-corrected chi connectivity index (χ2v) is 7.10. The van der Waals surface area contributed by atoms with Gasteiger partial charge in [-0.2, -0.15) is 0 Å². The molecule has 1 saturated carbocycles. The molecule has 0 saturated heterocycles. The summed E-state index contributed by atoms with van der Waals surface area (Å²) in [6.07, 6.45) is 2.88. The molecule has 5 heteroatoms. The van der Waals surface area contributed by atoms with E-state index < -0.39 is 0 Å². The zero-order valence-corrected chi connectivity index (χ0v) is 13.6. The van der Waals surface area contributed by atoms with Gasteiger partial charge >= 0.3 is 0 Å². The van der Waals surface area contributed by atoms with E-state index in [0.717, 1.165) is 34.6 Å². The number of halogens is 1. The molecule has 1 amide bonds. The molecule has 1 aromatic heterocycles. The molecule has 0 aliphatic heterocycles. The average molecular weight is 351 g/mol. The molecule has 2 aromatic rings. The summed E-state index contributed by atoms with van der Waals surface area (Å²) in [7, 11) is 0. The Bertz CT molecular complexity index is 649. The van der Waals surface area contributed by atoms with E-state index in [1.54, 1.807) is 11.3 Å². The largest absolute Gasteiger partial charge is 0.302 e. The Kier molecular flexibility index (Phi) is 3.89. The van der Waals surface area contributed by atoms with E-state index in [-0.39, 0.29) is 11.8 Å². The van der Waals surface area contributed by atoms with Gasteiger partial charge < -0.3 is 5.32 Å². The van der Waals surface area contributed by atoms with Crippen LogP contribution in [0.3, 0.4) is 0 Å². The number of thiazole rings is 1. The number of rotatable bonds is 4. The third-order valence-corrected chi connectivity index (χ3v) is 4.89. The summed E-state index contributed by atoms with van der Waals surface area (Å²) in [5.74, 6) is 0.334. The van der Waals surface area contributed by atoms with Crippen LogP contribution in [-0.2, 0) is 11.2 Å². The molecular formula is C15H15BrN2OS. The van der Waals surface area contributed by atoms with E-state index in [2.05, 4.69) is 38.4 Å². The summed E-state index contributed by atoms with van der Waals surface area (Å²) in [5.41, 5.74) is 2.24. The van der Waals surface area contributed by atoms with E-state index >= 15 is 0 Å². The van der Waals surface area contributed by atoms with Gasteiger partial charge in [0.2, 0.25) is 5.91 Å². The first-order chi connectivity index (χ1) is 9.61. The topological polar surface area (TPSA) is 42.0 Å². The lowest BCUT2D eigenvalue weighted by Crippen LogP contribution is -2.12. The Morgan fingerprint density at radius 2 is 2.30 bits per heavy atom. The summed E-state index contributed by atoms with van der Waals surface area (Å²) in [6, 6.07) is 8.27. The summed E-state index contributed by atoms with van der Waals surface area (Å²) >= 11 is 5.06. The van der Waals surface area contributed by atoms with Gasteiger partial charge in [-0.25, -0.2) is 4.98 Å². The SMILES string of the molecule is Cc1nc(NC(=O)C2CC2)sc1Cc1cccc(Br)c1. The Hall–Kier alpha value is -1.20. The Labute approximate surface area is 130 Å². The van der Waals surface area contributed by atoms with Crippen LogP contribution in [0.1, 0.15) is 29.0 Å². The molecular weight excluding hydrogens is 336 g/mol. The zero-order chi connectivity index (χ0) is 14.1. The predicted octanol–water partition coefficient (Wildman–Crippen LogP) is 4.15. The van der Waals surface area contributed by atoms with E-state index in [4.69, 9.17) is 0 Å². The van der Waals surface area contributed by atoms with Gasteiger partial charge in [-0.15, -0.1) is 11.3 Å². The number of hydrogen-bond donors (Lipinski definition) is 1. The zero-order valence-electron chi connectivity index (χ0n) is 11.1. The standard InChI is InChI=1S/C15H15BrN2OS/c1-9-13(8-10-3-2-4-12(16)7-10)20-15(17-9)18-14(19)11-5-6-11/h2-4,7,11H,5-6,8H2,1H3,(H,17,18,19). The number of aromatic nitrogens is 1. The van der Waals surface area contributed by atoms with E-state index in [1.807, 2.05) is 19.1 Å². The molecule has 0 radical (unpaired) electrons. The first kappa shape index (κ1) is 13.8. The number of aryl methyl sites for hydroxylation is 1. The van der Waals surface area contributed by atoms with Gasteiger partial charge in [-0.3, -0.25) is 4.79 Å². The quantitative estimate of drug-likeness (QED) is 0.899. The second kappa shape index (κ2) is 5.66. The maximum absolute atomic E-state index is 11.7. The lowest BCUT2D eigenvalue weighted by atomic mass is 10.1. The second-order valence-electron chi connectivity index (χ2n) is 5.10. The monoisotopic (exact) mass is 350 g/mol. The van der Waals surface area contributed by atoms with Crippen LogP contribution in [0.25, 0.3) is 0 Å². The minimum absolute atomic E-state index is 0.118. The number of carbonyl (C=O) groups is 1. The first-order valence-electron chi connectivity index (χ1n) is 6.63. The van der Waals surface area contributed by atoms with Crippen molar-refractivity contribution in [2.75, 3.05) is 5.32 Å². The molecule has 3 nitrogen and oxygen atoms in total. The number of hydrogen-bond acceptors (Lipinski definition) is 3. The lowest BCUT2D eigenvalue weighted by Gasteiger charge is -2.00. The van der Waals surface area contributed by atoms with Crippen molar-refractivity contribution in [2.24, 2.45) is 5.92 Å². The fraction of sp³-hybridized carbons (Fsp3) is 0.333. The highest BCUT2D eigenvalue weighted by molar-refractivity contribution is 9.10. The molecule has 3 rings (SSSR count). The Morgan fingerprint density at radius 1 is 1.50 bits per heavy atom. The van der Waals surface area contributed by atoms with Crippen molar-refractivity contribution in [2.45, 2.75) is 26.2 Å². The molecule has 1 aliphatic carbocycles. The van der Waals surface area contributed by atoms with Crippen LogP contribution >= 0.6 is 27.3 Å². The number of anilines is 1. The van der Waals surface area contributed by atoms with Crippen molar-refractivity contribution in [1.82, 2.24) is 4.98 Å². The fourth-order valence-electron chi connectivity index (χ4n) is 2.03. The van der Waals surface area contributed by atoms with Crippen LogP contribution in [0, 0.1) is 12.8 Å². The van der Waals surface area contributed by atoms with Gasteiger partial charge in [0.25, 0.3) is 0 Å². The van der Waals surface area contributed by atoms with Gasteiger partial charge in [0, 0.05) is 21.7 Å². The summed E-state index contributed by atoms with van der Waals surface area (Å²) < 4.78 is 1.08. The van der Waals surface area contributed by atoms with Crippen molar-refractivity contribution < 1.29 is 4.79 Å². The highest BCUT2D eigenvalue weighted by Gasteiger charge is 2.30. The predicted molar refractivity (Wildman–Crippen MR) is 85.2 cm³/mol. The molecule has 1 N–H and O–H groups in total. The minimum atomic E-state index is 0.118. The van der Waals surface area contributed by atoms with Gasteiger partial charge in [0.05, 0.1) is 5.69 Å². The first-order valence-corrected chi connectivity index (χ1v) is 8.24. The maximum atomic E-state index is 11.7. The van der Waals surface area contributed by atoms with Crippen molar-refractivity contribution in [3.05, 3.63) is 44.9 Å². The van der Waals surface area contributed by atoms with Crippen LogP contribution in [0.5, 0.6) is 0 Å². The van der Waals surface area contributed by atoms with E-state index in [0.29, 0.717) is 0 Å². The Morgan fingerprint density at radius 3 is 3.00 bits per heavy atom. The number of carbonyl (C=O) groups excluding carboxylic acids is 1.